The van der Waals surface area contributed by atoms with E-state index in [0.29, 0.717) is 11.4 Å². The molecule has 128 valence electrons. The van der Waals surface area contributed by atoms with Crippen LogP contribution < -0.4 is 5.32 Å². The van der Waals surface area contributed by atoms with Crippen LogP contribution in [0.1, 0.15) is 23.0 Å². The molecule has 0 aliphatic heterocycles. The fraction of sp³-hybridized carbons (Fsp3) is 0.167. The third-order valence-electron chi connectivity index (χ3n) is 3.74. The van der Waals surface area contributed by atoms with Crippen molar-refractivity contribution in [2.24, 2.45) is 14.1 Å². The molecule has 0 aliphatic carbocycles. The third-order valence-corrected chi connectivity index (χ3v) is 3.74. The van der Waals surface area contributed by atoms with Crippen LogP contribution in [0.5, 0.6) is 0 Å². The zero-order chi connectivity index (χ0) is 17.8. The van der Waals surface area contributed by atoms with Crippen LogP contribution in [0.2, 0.25) is 0 Å². The highest BCUT2D eigenvalue weighted by Gasteiger charge is 2.20. The summed E-state index contributed by atoms with van der Waals surface area (Å²) in [5.41, 5.74) is 1.44. The number of hydrogen-bond donors (Lipinski definition) is 1. The Bertz CT molecular complexity index is 912. The Balaban J connectivity index is 1.84. The van der Waals surface area contributed by atoms with Gasteiger partial charge >= 0.3 is 0 Å². The van der Waals surface area contributed by atoms with E-state index >= 15 is 0 Å². The lowest BCUT2D eigenvalue weighted by Gasteiger charge is -2.18. The second-order valence-electron chi connectivity index (χ2n) is 5.67. The smallest absolute Gasteiger partial charge is 0.244 e. The summed E-state index contributed by atoms with van der Waals surface area (Å²) in [6.07, 6.45) is 9.97. The molecule has 0 unspecified atom stereocenters. The van der Waals surface area contributed by atoms with E-state index in [2.05, 4.69) is 15.4 Å². The van der Waals surface area contributed by atoms with Crippen molar-refractivity contribution in [2.45, 2.75) is 6.04 Å². The van der Waals surface area contributed by atoms with Crippen LogP contribution >= 0.6 is 0 Å². The van der Waals surface area contributed by atoms with Gasteiger partial charge in [-0.15, -0.1) is 0 Å². The van der Waals surface area contributed by atoms with E-state index in [1.54, 1.807) is 59.3 Å². The molecule has 0 spiro atoms. The first-order valence-electron chi connectivity index (χ1n) is 7.73. The zero-order valence-electron chi connectivity index (χ0n) is 13.9. The molecule has 3 aromatic rings. The Morgan fingerprint density at radius 1 is 1.36 bits per heavy atom. The molecular formula is C18H18FN5O. The second-order valence-corrected chi connectivity index (χ2v) is 5.67. The topological polar surface area (TPSA) is 64.7 Å². The summed E-state index contributed by atoms with van der Waals surface area (Å²) >= 11 is 0. The Hall–Kier alpha value is -3.22. The summed E-state index contributed by atoms with van der Waals surface area (Å²) in [6, 6.07) is 5.57. The fourth-order valence-electron chi connectivity index (χ4n) is 2.53. The SMILES string of the molecule is Cn1cc(/C=C\C(=O)N[C@H](c2cccc(F)c2)c2nccn2C)cn1. The fourth-order valence-corrected chi connectivity index (χ4v) is 2.53. The minimum absolute atomic E-state index is 0.305. The van der Waals surface area contributed by atoms with Crippen molar-refractivity contribution in [3.8, 4) is 0 Å². The van der Waals surface area contributed by atoms with E-state index in [1.807, 2.05) is 7.05 Å². The average molecular weight is 339 g/mol. The number of nitrogens with zero attached hydrogens (tertiary/aromatic N) is 4. The number of imidazole rings is 1. The first-order chi connectivity index (χ1) is 12.0. The minimum atomic E-state index is -0.554. The largest absolute Gasteiger partial charge is 0.339 e. The zero-order valence-corrected chi connectivity index (χ0v) is 13.9. The van der Waals surface area contributed by atoms with Crippen LogP contribution in [-0.4, -0.2) is 25.2 Å². The lowest BCUT2D eigenvalue weighted by atomic mass is 10.1. The average Bonchev–Trinajstić information content (AvgIpc) is 3.19. The van der Waals surface area contributed by atoms with E-state index in [1.165, 1.54) is 18.2 Å². The normalized spacial score (nSPS) is 12.4. The van der Waals surface area contributed by atoms with Gasteiger partial charge in [-0.05, 0) is 23.8 Å². The predicted molar refractivity (Wildman–Crippen MR) is 91.8 cm³/mol. The van der Waals surface area contributed by atoms with Crippen LogP contribution in [0.15, 0.2) is 55.1 Å². The molecule has 0 radical (unpaired) electrons. The molecule has 7 heteroatoms. The summed E-state index contributed by atoms with van der Waals surface area (Å²) in [5.74, 6) is -0.0493. The van der Waals surface area contributed by atoms with Crippen molar-refractivity contribution in [1.29, 1.82) is 0 Å². The number of amides is 1. The Morgan fingerprint density at radius 3 is 2.84 bits per heavy atom. The van der Waals surface area contributed by atoms with Gasteiger partial charge in [0.1, 0.15) is 17.7 Å². The van der Waals surface area contributed by atoms with Crippen molar-refractivity contribution in [3.63, 3.8) is 0 Å². The number of carbonyl (C=O) groups excluding carboxylic acids is 1. The van der Waals surface area contributed by atoms with E-state index in [9.17, 15) is 9.18 Å². The van der Waals surface area contributed by atoms with Crippen molar-refractivity contribution >= 4 is 12.0 Å². The lowest BCUT2D eigenvalue weighted by Crippen LogP contribution is -2.29. The van der Waals surface area contributed by atoms with E-state index in [-0.39, 0.29) is 11.7 Å². The molecule has 1 atom stereocenters. The molecule has 1 amide bonds. The summed E-state index contributed by atoms with van der Waals surface area (Å²) in [7, 11) is 3.63. The Kier molecular flexibility index (Phi) is 4.74. The van der Waals surface area contributed by atoms with Crippen molar-refractivity contribution in [3.05, 3.63) is 77.9 Å². The molecule has 3 rings (SSSR count). The maximum absolute atomic E-state index is 13.6. The first kappa shape index (κ1) is 16.6. The van der Waals surface area contributed by atoms with Gasteiger partial charge in [-0.1, -0.05) is 12.1 Å². The first-order valence-corrected chi connectivity index (χ1v) is 7.73. The van der Waals surface area contributed by atoms with E-state index in [4.69, 9.17) is 0 Å². The molecule has 0 fully saturated rings. The minimum Gasteiger partial charge on any atom is -0.339 e. The molecule has 2 aromatic heterocycles. The maximum Gasteiger partial charge on any atom is 0.244 e. The van der Waals surface area contributed by atoms with Gasteiger partial charge in [0.15, 0.2) is 0 Å². The van der Waals surface area contributed by atoms with Crippen LogP contribution in [0.4, 0.5) is 4.39 Å². The molecule has 0 saturated carbocycles. The highest BCUT2D eigenvalue weighted by molar-refractivity contribution is 5.92. The van der Waals surface area contributed by atoms with Crippen LogP contribution in [0, 0.1) is 5.82 Å². The number of aromatic nitrogens is 4. The molecule has 6 nitrogen and oxygen atoms in total. The van der Waals surface area contributed by atoms with Crippen LogP contribution in [0.3, 0.4) is 0 Å². The predicted octanol–water partition coefficient (Wildman–Crippen LogP) is 2.21. The summed E-state index contributed by atoms with van der Waals surface area (Å²) in [5, 5.41) is 6.92. The maximum atomic E-state index is 13.6. The van der Waals surface area contributed by atoms with E-state index < -0.39 is 6.04 Å². The van der Waals surface area contributed by atoms with E-state index in [0.717, 1.165) is 5.56 Å². The standard InChI is InChI=1S/C18H18FN5O/c1-23-9-8-20-18(23)17(14-4-3-5-15(19)10-14)22-16(25)7-6-13-11-21-24(2)12-13/h3-12,17H,1-2H3,(H,22,25)/b7-6-/t17-/m1/s1. The molecule has 0 bridgehead atoms. The molecule has 25 heavy (non-hydrogen) atoms. The number of carbonyl (C=O) groups is 1. The van der Waals surface area contributed by atoms with Crippen molar-refractivity contribution in [2.75, 3.05) is 0 Å². The monoisotopic (exact) mass is 339 g/mol. The van der Waals surface area contributed by atoms with Gasteiger partial charge in [-0.3, -0.25) is 9.48 Å². The van der Waals surface area contributed by atoms with Crippen LogP contribution in [-0.2, 0) is 18.9 Å². The second kappa shape index (κ2) is 7.12. The van der Waals surface area contributed by atoms with Gasteiger partial charge in [-0.25, -0.2) is 9.37 Å². The molecular weight excluding hydrogens is 321 g/mol. The van der Waals surface area contributed by atoms with Gasteiger partial charge in [-0.2, -0.15) is 5.10 Å². The third kappa shape index (κ3) is 4.00. The van der Waals surface area contributed by atoms with Crippen molar-refractivity contribution in [1.82, 2.24) is 24.6 Å². The van der Waals surface area contributed by atoms with Gasteiger partial charge in [0.2, 0.25) is 5.91 Å². The van der Waals surface area contributed by atoms with Gasteiger partial charge in [0, 0.05) is 44.3 Å². The van der Waals surface area contributed by atoms with Crippen molar-refractivity contribution < 1.29 is 9.18 Å². The molecule has 2 heterocycles. The van der Waals surface area contributed by atoms with Gasteiger partial charge in [0.25, 0.3) is 0 Å². The summed E-state index contributed by atoms with van der Waals surface area (Å²) in [6.45, 7) is 0. The highest BCUT2D eigenvalue weighted by atomic mass is 19.1. The highest BCUT2D eigenvalue weighted by Crippen LogP contribution is 2.21. The number of halogens is 1. The van der Waals surface area contributed by atoms with Gasteiger partial charge in [0.05, 0.1) is 6.20 Å². The summed E-state index contributed by atoms with van der Waals surface area (Å²) in [4.78, 5) is 16.6. The Labute approximate surface area is 144 Å². The molecule has 0 saturated heterocycles. The number of rotatable bonds is 5. The number of hydrogen-bond acceptors (Lipinski definition) is 3. The van der Waals surface area contributed by atoms with Gasteiger partial charge < -0.3 is 9.88 Å². The number of aryl methyl sites for hydroxylation is 2. The summed E-state index contributed by atoms with van der Waals surface area (Å²) < 4.78 is 17.1. The quantitative estimate of drug-likeness (QED) is 0.725. The molecule has 0 aliphatic rings. The Morgan fingerprint density at radius 2 is 2.20 bits per heavy atom. The van der Waals surface area contributed by atoms with Crippen LogP contribution in [0.25, 0.3) is 6.08 Å². The number of benzene rings is 1. The lowest BCUT2D eigenvalue weighted by molar-refractivity contribution is -0.117. The molecule has 1 N–H and O–H groups in total. The number of nitrogens with one attached hydrogen (secondary N) is 1. The molecule has 1 aromatic carbocycles.